The Kier molecular flexibility index (Phi) is 6.98. The monoisotopic (exact) mass is 485 g/mol. The van der Waals surface area contributed by atoms with Gasteiger partial charge in [-0.2, -0.15) is 4.98 Å². The molecule has 2 N–H and O–H groups in total. The van der Waals surface area contributed by atoms with E-state index in [4.69, 9.17) is 37.8 Å². The van der Waals surface area contributed by atoms with Crippen molar-refractivity contribution >= 4 is 45.9 Å². The van der Waals surface area contributed by atoms with Crippen molar-refractivity contribution in [3.05, 3.63) is 75.0 Å². The standard InChI is InChI=1S/C23H21Cl2N5O3/c1-26-11-12-33-30-19(31)10-9-16-21(20-17(24)7-4-8-18(20)25)28-23(29-22(16)30)27-14-5-3-6-15(13-14)32-2/h3-10,13,26H,11-12H2,1-2H3,(H,27,28,29). The highest BCUT2D eigenvalue weighted by Gasteiger charge is 2.19. The number of aromatic nitrogens is 3. The van der Waals surface area contributed by atoms with Crippen LogP contribution in [-0.2, 0) is 0 Å². The van der Waals surface area contributed by atoms with Gasteiger partial charge in [-0.05, 0) is 37.4 Å². The first-order valence-electron chi connectivity index (χ1n) is 10.1. The lowest BCUT2D eigenvalue weighted by Crippen LogP contribution is -2.31. The molecule has 4 rings (SSSR count). The summed E-state index contributed by atoms with van der Waals surface area (Å²) in [4.78, 5) is 27.6. The first-order valence-corrected chi connectivity index (χ1v) is 10.8. The molecule has 0 spiro atoms. The van der Waals surface area contributed by atoms with Gasteiger partial charge in [-0.25, -0.2) is 4.98 Å². The number of hydrogen-bond acceptors (Lipinski definition) is 7. The number of ether oxygens (including phenoxy) is 1. The Balaban J connectivity index is 1.94. The van der Waals surface area contributed by atoms with Crippen LogP contribution in [0, 0.1) is 0 Å². The molecule has 0 unspecified atom stereocenters. The quantitative estimate of drug-likeness (QED) is 0.362. The highest BCUT2D eigenvalue weighted by atomic mass is 35.5. The van der Waals surface area contributed by atoms with E-state index in [-0.39, 0.29) is 23.8 Å². The Morgan fingerprint density at radius 3 is 2.52 bits per heavy atom. The minimum absolute atomic E-state index is 0.235. The topological polar surface area (TPSA) is 90.3 Å². The van der Waals surface area contributed by atoms with Crippen LogP contribution in [0.15, 0.2) is 59.4 Å². The third-order valence-electron chi connectivity index (χ3n) is 4.81. The molecule has 2 heterocycles. The number of nitrogens with zero attached hydrogens (tertiary/aromatic N) is 3. The van der Waals surface area contributed by atoms with Gasteiger partial charge in [0, 0.05) is 35.3 Å². The summed E-state index contributed by atoms with van der Waals surface area (Å²) in [6, 6.07) is 15.6. The van der Waals surface area contributed by atoms with E-state index in [9.17, 15) is 4.79 Å². The van der Waals surface area contributed by atoms with Crippen LogP contribution in [0.25, 0.3) is 22.3 Å². The van der Waals surface area contributed by atoms with Crippen molar-refractivity contribution in [2.45, 2.75) is 0 Å². The van der Waals surface area contributed by atoms with Crippen molar-refractivity contribution in [2.75, 3.05) is 32.6 Å². The minimum Gasteiger partial charge on any atom is -0.497 e. The molecule has 0 aliphatic carbocycles. The fraction of sp³-hybridized carbons (Fsp3) is 0.174. The molecule has 2 aromatic heterocycles. The number of hydrogen-bond donors (Lipinski definition) is 2. The number of halogens is 2. The van der Waals surface area contributed by atoms with E-state index >= 15 is 0 Å². The molecule has 10 heteroatoms. The van der Waals surface area contributed by atoms with Crippen molar-refractivity contribution in [3.63, 3.8) is 0 Å². The van der Waals surface area contributed by atoms with Crippen LogP contribution in [0.4, 0.5) is 11.6 Å². The number of fused-ring (bicyclic) bond motifs is 1. The summed E-state index contributed by atoms with van der Waals surface area (Å²) in [6.45, 7) is 0.812. The zero-order valence-corrected chi connectivity index (χ0v) is 19.4. The second-order valence-electron chi connectivity index (χ2n) is 6.99. The highest BCUT2D eigenvalue weighted by Crippen LogP contribution is 2.37. The highest BCUT2D eigenvalue weighted by molar-refractivity contribution is 6.39. The molecule has 0 saturated heterocycles. The van der Waals surface area contributed by atoms with Crippen LogP contribution in [0.5, 0.6) is 5.75 Å². The smallest absolute Gasteiger partial charge is 0.285 e. The van der Waals surface area contributed by atoms with Crippen LogP contribution in [0.1, 0.15) is 0 Å². The third-order valence-corrected chi connectivity index (χ3v) is 5.44. The third kappa shape index (κ3) is 4.88. The number of benzene rings is 2. The average Bonchev–Trinajstić information content (AvgIpc) is 2.80. The van der Waals surface area contributed by atoms with Gasteiger partial charge in [0.25, 0.3) is 5.56 Å². The van der Waals surface area contributed by atoms with Crippen LogP contribution in [0.3, 0.4) is 0 Å². The zero-order valence-electron chi connectivity index (χ0n) is 17.9. The first-order chi connectivity index (χ1) is 16.0. The van der Waals surface area contributed by atoms with Crippen LogP contribution in [-0.4, -0.2) is 42.0 Å². The number of methoxy groups -OCH3 is 1. The number of rotatable bonds is 8. The largest absolute Gasteiger partial charge is 0.497 e. The molecular weight excluding hydrogens is 465 g/mol. The normalized spacial score (nSPS) is 10.9. The molecule has 170 valence electrons. The van der Waals surface area contributed by atoms with Gasteiger partial charge in [-0.1, -0.05) is 35.3 Å². The predicted molar refractivity (Wildman–Crippen MR) is 131 cm³/mol. The van der Waals surface area contributed by atoms with Crippen molar-refractivity contribution in [3.8, 4) is 17.0 Å². The number of pyridine rings is 1. The molecule has 33 heavy (non-hydrogen) atoms. The summed E-state index contributed by atoms with van der Waals surface area (Å²) in [6.07, 6.45) is 0. The summed E-state index contributed by atoms with van der Waals surface area (Å²) < 4.78 is 6.44. The molecule has 0 fully saturated rings. The number of likely N-dealkylation sites (N-methyl/N-ethyl adjacent to an activating group) is 1. The van der Waals surface area contributed by atoms with E-state index in [1.165, 1.54) is 6.07 Å². The van der Waals surface area contributed by atoms with Gasteiger partial charge >= 0.3 is 0 Å². The molecule has 0 aliphatic rings. The van der Waals surface area contributed by atoms with Crippen LogP contribution < -0.4 is 25.8 Å². The Labute approximate surface area is 200 Å². The maximum absolute atomic E-state index is 12.6. The lowest BCUT2D eigenvalue weighted by molar-refractivity contribution is 0.113. The fourth-order valence-corrected chi connectivity index (χ4v) is 3.83. The molecule has 2 aromatic carbocycles. The Hall–Kier alpha value is -3.33. The molecule has 8 nitrogen and oxygen atoms in total. The molecule has 0 bridgehead atoms. The maximum Gasteiger partial charge on any atom is 0.285 e. The Morgan fingerprint density at radius 1 is 1.03 bits per heavy atom. The molecular formula is C23H21Cl2N5O3. The van der Waals surface area contributed by atoms with Crippen LogP contribution in [0.2, 0.25) is 10.0 Å². The van der Waals surface area contributed by atoms with Crippen molar-refractivity contribution < 1.29 is 9.57 Å². The molecule has 4 aromatic rings. The lowest BCUT2D eigenvalue weighted by atomic mass is 10.1. The molecule has 0 atom stereocenters. The minimum atomic E-state index is -0.360. The summed E-state index contributed by atoms with van der Waals surface area (Å²) in [5, 5.41) is 7.54. The molecule has 0 amide bonds. The number of nitrogens with one attached hydrogen (secondary N) is 2. The van der Waals surface area contributed by atoms with Crippen molar-refractivity contribution in [1.29, 1.82) is 0 Å². The average molecular weight is 486 g/mol. The van der Waals surface area contributed by atoms with Gasteiger partial charge < -0.3 is 20.2 Å². The van der Waals surface area contributed by atoms with Gasteiger partial charge in [-0.3, -0.25) is 4.79 Å². The summed E-state index contributed by atoms with van der Waals surface area (Å²) in [5.74, 6) is 0.903. The second kappa shape index (κ2) is 10.1. The summed E-state index contributed by atoms with van der Waals surface area (Å²) in [5.41, 5.74) is 1.62. The predicted octanol–water partition coefficient (Wildman–Crippen LogP) is 4.17. The van der Waals surface area contributed by atoms with E-state index in [0.717, 1.165) is 4.73 Å². The Morgan fingerprint density at radius 2 is 1.79 bits per heavy atom. The molecule has 0 saturated carbocycles. The van der Waals surface area contributed by atoms with Gasteiger partial charge in [0.2, 0.25) is 5.95 Å². The van der Waals surface area contributed by atoms with E-state index in [0.29, 0.717) is 44.7 Å². The summed E-state index contributed by atoms with van der Waals surface area (Å²) >= 11 is 13.0. The second-order valence-corrected chi connectivity index (χ2v) is 7.80. The van der Waals surface area contributed by atoms with Gasteiger partial charge in [0.05, 0.1) is 22.8 Å². The van der Waals surface area contributed by atoms with E-state index in [1.54, 1.807) is 44.5 Å². The van der Waals surface area contributed by atoms with Crippen molar-refractivity contribution in [2.24, 2.45) is 0 Å². The van der Waals surface area contributed by atoms with Gasteiger partial charge in [0.15, 0.2) is 5.65 Å². The SMILES string of the molecule is CNCCOn1c(=O)ccc2c(-c3c(Cl)cccc3Cl)nc(Nc3cccc(OC)c3)nc21. The number of anilines is 2. The lowest BCUT2D eigenvalue weighted by Gasteiger charge is -2.16. The zero-order chi connectivity index (χ0) is 23.4. The molecule has 0 radical (unpaired) electrons. The van der Waals surface area contributed by atoms with E-state index in [2.05, 4.69) is 15.6 Å². The van der Waals surface area contributed by atoms with Crippen molar-refractivity contribution in [1.82, 2.24) is 20.0 Å². The van der Waals surface area contributed by atoms with Gasteiger partial charge in [0.1, 0.15) is 12.4 Å². The maximum atomic E-state index is 12.6. The Bertz CT molecular complexity index is 1340. The van der Waals surface area contributed by atoms with E-state index < -0.39 is 0 Å². The van der Waals surface area contributed by atoms with Crippen LogP contribution >= 0.6 is 23.2 Å². The van der Waals surface area contributed by atoms with Gasteiger partial charge in [-0.15, -0.1) is 4.73 Å². The summed E-state index contributed by atoms with van der Waals surface area (Å²) in [7, 11) is 3.38. The molecule has 0 aliphatic heterocycles. The fourth-order valence-electron chi connectivity index (χ4n) is 3.26. The first kappa shape index (κ1) is 22.8. The van der Waals surface area contributed by atoms with E-state index in [1.807, 2.05) is 18.2 Å².